The zero-order valence-corrected chi connectivity index (χ0v) is 11.4. The summed E-state index contributed by atoms with van der Waals surface area (Å²) in [5, 5.41) is 0. The molecule has 0 unspecified atom stereocenters. The first-order valence-corrected chi connectivity index (χ1v) is 7.19. The van der Waals surface area contributed by atoms with E-state index in [1.165, 1.54) is 30.6 Å². The number of hydrogen-bond acceptors (Lipinski definition) is 4. The van der Waals surface area contributed by atoms with Gasteiger partial charge in [0.2, 0.25) is 6.79 Å². The molecule has 3 aliphatic heterocycles. The van der Waals surface area contributed by atoms with E-state index in [4.69, 9.17) is 9.47 Å². The van der Waals surface area contributed by atoms with Crippen molar-refractivity contribution >= 4 is 5.69 Å². The van der Waals surface area contributed by atoms with Gasteiger partial charge in [0.25, 0.3) is 0 Å². The van der Waals surface area contributed by atoms with Crippen LogP contribution in [0.5, 0.6) is 11.5 Å². The fraction of sp³-hybridized carbons (Fsp3) is 0.600. The van der Waals surface area contributed by atoms with Gasteiger partial charge in [0.15, 0.2) is 11.5 Å². The number of anilines is 1. The van der Waals surface area contributed by atoms with Crippen LogP contribution in [0.4, 0.5) is 5.69 Å². The molecular weight excluding hydrogens is 240 g/mol. The second-order valence-electron chi connectivity index (χ2n) is 5.81. The molecule has 4 rings (SSSR count). The Kier molecular flexibility index (Phi) is 2.58. The van der Waals surface area contributed by atoms with Gasteiger partial charge in [0, 0.05) is 30.9 Å². The highest BCUT2D eigenvalue weighted by Crippen LogP contribution is 2.41. The minimum absolute atomic E-state index is 0.365. The molecular formula is C15H20N2O2. The number of benzene rings is 1. The van der Waals surface area contributed by atoms with E-state index in [2.05, 4.69) is 29.0 Å². The van der Waals surface area contributed by atoms with Crippen molar-refractivity contribution in [2.45, 2.75) is 25.3 Å². The first-order chi connectivity index (χ1) is 9.31. The van der Waals surface area contributed by atoms with E-state index in [0.717, 1.165) is 31.0 Å². The monoisotopic (exact) mass is 260 g/mol. The predicted molar refractivity (Wildman–Crippen MR) is 74.1 cm³/mol. The molecule has 0 spiro atoms. The highest BCUT2D eigenvalue weighted by atomic mass is 16.7. The second kappa shape index (κ2) is 4.30. The molecule has 0 radical (unpaired) electrons. The number of hydrogen-bond donors (Lipinski definition) is 0. The first kappa shape index (κ1) is 11.4. The van der Waals surface area contributed by atoms with Gasteiger partial charge in [0.1, 0.15) is 0 Å². The third-order valence-corrected chi connectivity index (χ3v) is 4.67. The molecule has 1 aromatic rings. The highest BCUT2D eigenvalue weighted by Gasteiger charge is 2.29. The van der Waals surface area contributed by atoms with Crippen LogP contribution >= 0.6 is 0 Å². The zero-order chi connectivity index (χ0) is 12.8. The molecule has 1 aromatic carbocycles. The van der Waals surface area contributed by atoms with Gasteiger partial charge >= 0.3 is 0 Å². The molecule has 0 bridgehead atoms. The molecule has 0 amide bonds. The van der Waals surface area contributed by atoms with E-state index in [-0.39, 0.29) is 0 Å². The van der Waals surface area contributed by atoms with Crippen LogP contribution in [0.15, 0.2) is 12.1 Å². The quantitative estimate of drug-likeness (QED) is 0.810. The molecule has 19 heavy (non-hydrogen) atoms. The fourth-order valence-electron chi connectivity index (χ4n) is 3.50. The summed E-state index contributed by atoms with van der Waals surface area (Å²) in [5.74, 6) is 1.82. The summed E-state index contributed by atoms with van der Waals surface area (Å²) in [6, 6.07) is 5.03. The summed E-state index contributed by atoms with van der Waals surface area (Å²) in [5.41, 5.74) is 2.76. The van der Waals surface area contributed by atoms with Crippen LogP contribution in [0.1, 0.15) is 18.4 Å². The Morgan fingerprint density at radius 2 is 2.05 bits per heavy atom. The summed E-state index contributed by atoms with van der Waals surface area (Å²) in [6.45, 7) is 3.88. The van der Waals surface area contributed by atoms with E-state index in [0.29, 0.717) is 12.8 Å². The lowest BCUT2D eigenvalue weighted by molar-refractivity contribution is 0.174. The first-order valence-electron chi connectivity index (χ1n) is 7.19. The molecule has 3 heterocycles. The zero-order valence-electron chi connectivity index (χ0n) is 11.4. The van der Waals surface area contributed by atoms with Gasteiger partial charge in [-0.15, -0.1) is 0 Å². The van der Waals surface area contributed by atoms with Crippen molar-refractivity contribution in [1.82, 2.24) is 4.90 Å². The van der Waals surface area contributed by atoms with E-state index < -0.39 is 0 Å². The van der Waals surface area contributed by atoms with Gasteiger partial charge in [-0.25, -0.2) is 0 Å². The van der Waals surface area contributed by atoms with Gasteiger partial charge < -0.3 is 19.3 Å². The van der Waals surface area contributed by atoms with Crippen molar-refractivity contribution in [3.63, 3.8) is 0 Å². The van der Waals surface area contributed by atoms with Crippen LogP contribution in [-0.4, -0.2) is 44.4 Å². The lowest BCUT2D eigenvalue weighted by Gasteiger charge is -2.27. The maximum atomic E-state index is 5.50. The van der Waals surface area contributed by atoms with Crippen molar-refractivity contribution < 1.29 is 9.47 Å². The van der Waals surface area contributed by atoms with Gasteiger partial charge in [-0.2, -0.15) is 0 Å². The Hall–Kier alpha value is -1.42. The molecule has 1 saturated heterocycles. The number of rotatable bonds is 2. The summed E-state index contributed by atoms with van der Waals surface area (Å²) in [4.78, 5) is 5.01. The molecule has 1 atom stereocenters. The average Bonchev–Trinajstić information content (AvgIpc) is 3.09. The Labute approximate surface area is 113 Å². The van der Waals surface area contributed by atoms with Crippen LogP contribution in [0, 0.1) is 0 Å². The summed E-state index contributed by atoms with van der Waals surface area (Å²) < 4.78 is 11.0. The highest BCUT2D eigenvalue weighted by molar-refractivity contribution is 5.65. The Morgan fingerprint density at radius 3 is 2.84 bits per heavy atom. The molecule has 3 aliphatic rings. The normalized spacial score (nSPS) is 25.1. The molecule has 0 saturated carbocycles. The van der Waals surface area contributed by atoms with Gasteiger partial charge in [-0.1, -0.05) is 0 Å². The van der Waals surface area contributed by atoms with Crippen LogP contribution in [0.25, 0.3) is 0 Å². The van der Waals surface area contributed by atoms with Crippen molar-refractivity contribution in [2.24, 2.45) is 0 Å². The Balaban J connectivity index is 1.58. The summed E-state index contributed by atoms with van der Waals surface area (Å²) in [6.07, 6.45) is 3.79. The minimum atomic E-state index is 0.365. The number of likely N-dealkylation sites (N-methyl/N-ethyl adjacent to an activating group) is 1. The molecule has 4 nitrogen and oxygen atoms in total. The average molecular weight is 260 g/mol. The van der Waals surface area contributed by atoms with Crippen LogP contribution in [0.2, 0.25) is 0 Å². The smallest absolute Gasteiger partial charge is 0.231 e. The Morgan fingerprint density at radius 1 is 1.21 bits per heavy atom. The van der Waals surface area contributed by atoms with E-state index >= 15 is 0 Å². The van der Waals surface area contributed by atoms with Crippen LogP contribution in [0.3, 0.4) is 0 Å². The third-order valence-electron chi connectivity index (χ3n) is 4.67. The third kappa shape index (κ3) is 1.86. The van der Waals surface area contributed by atoms with Crippen LogP contribution in [-0.2, 0) is 6.42 Å². The summed E-state index contributed by atoms with van der Waals surface area (Å²) in [7, 11) is 2.24. The van der Waals surface area contributed by atoms with Crippen molar-refractivity contribution in [3.05, 3.63) is 17.7 Å². The molecule has 0 N–H and O–H groups in total. The van der Waals surface area contributed by atoms with Crippen molar-refractivity contribution in [2.75, 3.05) is 38.4 Å². The molecule has 0 aromatic heterocycles. The standard InChI is InChI=1S/C15H20N2O2/c1-16-5-2-3-12(16)9-17-6-4-11-7-14-15(8-13(11)17)19-10-18-14/h7-8,12H,2-6,9-10H2,1H3/t12-/m1/s1. The van der Waals surface area contributed by atoms with Gasteiger partial charge in [-0.05, 0) is 44.5 Å². The second-order valence-corrected chi connectivity index (χ2v) is 5.81. The number of fused-ring (bicyclic) bond motifs is 2. The topological polar surface area (TPSA) is 24.9 Å². The van der Waals surface area contributed by atoms with E-state index in [1.807, 2.05) is 0 Å². The lowest BCUT2D eigenvalue weighted by atomic mass is 10.1. The lowest BCUT2D eigenvalue weighted by Crippen LogP contribution is -2.37. The summed E-state index contributed by atoms with van der Waals surface area (Å²) >= 11 is 0. The maximum Gasteiger partial charge on any atom is 0.231 e. The van der Waals surface area contributed by atoms with Gasteiger partial charge in [-0.3, -0.25) is 0 Å². The largest absolute Gasteiger partial charge is 0.454 e. The molecule has 1 fully saturated rings. The number of nitrogens with zero attached hydrogens (tertiary/aromatic N) is 2. The molecule has 102 valence electrons. The number of likely N-dealkylation sites (tertiary alicyclic amines) is 1. The minimum Gasteiger partial charge on any atom is -0.454 e. The SMILES string of the molecule is CN1CCC[C@@H]1CN1CCc2cc3c(cc21)OCO3. The van der Waals surface area contributed by atoms with Gasteiger partial charge in [0.05, 0.1) is 0 Å². The van der Waals surface area contributed by atoms with Crippen molar-refractivity contribution in [3.8, 4) is 11.5 Å². The van der Waals surface area contributed by atoms with Crippen molar-refractivity contribution in [1.29, 1.82) is 0 Å². The predicted octanol–water partition coefficient (Wildman–Crippen LogP) is 1.87. The Bertz CT molecular complexity index is 503. The molecule has 0 aliphatic carbocycles. The van der Waals surface area contributed by atoms with Crippen LogP contribution < -0.4 is 14.4 Å². The molecule has 4 heteroatoms. The fourth-order valence-corrected chi connectivity index (χ4v) is 3.50. The van der Waals surface area contributed by atoms with E-state index in [9.17, 15) is 0 Å². The maximum absolute atomic E-state index is 5.50. The number of ether oxygens (including phenoxy) is 2. The van der Waals surface area contributed by atoms with E-state index in [1.54, 1.807) is 0 Å².